The number of carbonyl (C=O) groups excluding carboxylic acids is 1. The first-order chi connectivity index (χ1) is 19.2. The second-order valence-corrected chi connectivity index (χ2v) is 19.4. The van der Waals surface area contributed by atoms with Gasteiger partial charge in [0.15, 0.2) is 11.6 Å². The molecule has 0 radical (unpaired) electrons. The van der Waals surface area contributed by atoms with Gasteiger partial charge >= 0.3 is 6.09 Å². The molecule has 2 heterocycles. The number of aromatic nitrogens is 2. The molecule has 0 N–H and O–H groups in total. The summed E-state index contributed by atoms with van der Waals surface area (Å²) in [6.07, 6.45) is 0.747. The Labute approximate surface area is 250 Å². The molecule has 1 aliphatic rings. The van der Waals surface area contributed by atoms with Crippen molar-refractivity contribution in [2.45, 2.75) is 83.8 Å². The van der Waals surface area contributed by atoms with Crippen molar-refractivity contribution in [3.8, 4) is 0 Å². The number of nitrogens with zero attached hydrogens (tertiary/aromatic N) is 3. The van der Waals surface area contributed by atoms with Gasteiger partial charge in [-0.3, -0.25) is 0 Å². The Hall–Kier alpha value is -2.34. The van der Waals surface area contributed by atoms with Crippen LogP contribution in [0.4, 0.5) is 13.6 Å². The van der Waals surface area contributed by atoms with E-state index in [0.717, 1.165) is 28.2 Å². The number of piperidine rings is 1. The number of imidazole rings is 1. The van der Waals surface area contributed by atoms with E-state index in [4.69, 9.17) is 14.2 Å². The smallest absolute Gasteiger partial charge is 0.410 e. The summed E-state index contributed by atoms with van der Waals surface area (Å²) in [4.78, 5) is 19.1. The predicted octanol–water partition coefficient (Wildman–Crippen LogP) is 7.83. The van der Waals surface area contributed by atoms with E-state index in [1.54, 1.807) is 9.47 Å². The summed E-state index contributed by atoms with van der Waals surface area (Å²) >= 11 is 3.51. The Morgan fingerprint density at radius 2 is 1.71 bits per heavy atom. The van der Waals surface area contributed by atoms with Crippen molar-refractivity contribution in [3.63, 3.8) is 0 Å². The minimum Gasteiger partial charge on any atom is -0.444 e. The molecular formula is C30H40BrF2N3O4Si. The zero-order chi connectivity index (χ0) is 30.0. The molecule has 7 nitrogen and oxygen atoms in total. The summed E-state index contributed by atoms with van der Waals surface area (Å²) < 4.78 is 49.3. The number of fused-ring (bicyclic) bond motifs is 1. The van der Waals surface area contributed by atoms with E-state index in [9.17, 15) is 13.6 Å². The predicted molar refractivity (Wildman–Crippen MR) is 161 cm³/mol. The lowest BCUT2D eigenvalue weighted by atomic mass is 9.84. The molecule has 1 saturated heterocycles. The second kappa shape index (κ2) is 12.5. The summed E-state index contributed by atoms with van der Waals surface area (Å²) in [6.45, 7) is 14.1. The van der Waals surface area contributed by atoms with Crippen LogP contribution in [0.3, 0.4) is 0 Å². The summed E-state index contributed by atoms with van der Waals surface area (Å²) in [5.74, 6) is -1.37. The van der Waals surface area contributed by atoms with Gasteiger partial charge in [-0.1, -0.05) is 47.7 Å². The van der Waals surface area contributed by atoms with Crippen LogP contribution in [0.25, 0.3) is 11.0 Å². The van der Waals surface area contributed by atoms with Crippen molar-refractivity contribution in [2.24, 2.45) is 0 Å². The Morgan fingerprint density at radius 3 is 2.32 bits per heavy atom. The van der Waals surface area contributed by atoms with Crippen LogP contribution >= 0.6 is 15.9 Å². The van der Waals surface area contributed by atoms with Crippen LogP contribution in [-0.4, -0.2) is 53.9 Å². The number of hydrogen-bond acceptors (Lipinski definition) is 5. The van der Waals surface area contributed by atoms with Crippen LogP contribution in [0.2, 0.25) is 25.7 Å². The molecular weight excluding hydrogens is 612 g/mol. The van der Waals surface area contributed by atoms with E-state index in [1.807, 2.05) is 45.0 Å². The van der Waals surface area contributed by atoms with Crippen LogP contribution in [0.15, 0.2) is 40.9 Å². The monoisotopic (exact) mass is 651 g/mol. The molecule has 1 fully saturated rings. The SMILES string of the molecule is CC(C)(C)OC(=O)N1CCC(OCc2nc3cc(F)c(F)cc3n2COCC[Si](C)(C)C)(c2ccc(Br)cc2)CC1. The molecule has 0 bridgehead atoms. The third-order valence-electron chi connectivity index (χ3n) is 7.16. The minimum atomic E-state index is -1.30. The fourth-order valence-corrected chi connectivity index (χ4v) is 5.83. The Morgan fingerprint density at radius 1 is 1.07 bits per heavy atom. The fraction of sp³-hybridized carbons (Fsp3) is 0.533. The molecule has 0 atom stereocenters. The maximum atomic E-state index is 14.3. The molecule has 3 aromatic rings. The van der Waals surface area contributed by atoms with Crippen molar-refractivity contribution in [1.82, 2.24) is 14.5 Å². The third kappa shape index (κ3) is 8.15. The number of benzene rings is 2. The Balaban J connectivity index is 1.59. The molecule has 2 aromatic carbocycles. The van der Waals surface area contributed by atoms with Gasteiger partial charge in [-0.2, -0.15) is 0 Å². The molecule has 0 unspecified atom stereocenters. The lowest BCUT2D eigenvalue weighted by Gasteiger charge is -2.42. The molecule has 1 aliphatic heterocycles. The second-order valence-electron chi connectivity index (χ2n) is 12.8. The molecule has 0 spiro atoms. The van der Waals surface area contributed by atoms with Crippen LogP contribution in [-0.2, 0) is 33.1 Å². The van der Waals surface area contributed by atoms with Gasteiger partial charge in [0, 0.05) is 44.4 Å². The third-order valence-corrected chi connectivity index (χ3v) is 9.39. The average molecular weight is 653 g/mol. The average Bonchev–Trinajstić information content (AvgIpc) is 3.20. The fourth-order valence-electron chi connectivity index (χ4n) is 4.81. The van der Waals surface area contributed by atoms with Crippen molar-refractivity contribution < 1.29 is 27.8 Å². The highest BCUT2D eigenvalue weighted by Gasteiger charge is 2.40. The first kappa shape index (κ1) is 31.6. The van der Waals surface area contributed by atoms with Gasteiger partial charge in [-0.25, -0.2) is 18.6 Å². The van der Waals surface area contributed by atoms with Gasteiger partial charge in [-0.15, -0.1) is 0 Å². The van der Waals surface area contributed by atoms with Gasteiger partial charge in [0.05, 0.1) is 16.6 Å². The molecule has 4 rings (SSSR count). The lowest BCUT2D eigenvalue weighted by Crippen LogP contribution is -2.48. The summed E-state index contributed by atoms with van der Waals surface area (Å²) in [6, 6.07) is 11.2. The van der Waals surface area contributed by atoms with Gasteiger partial charge in [0.1, 0.15) is 24.8 Å². The van der Waals surface area contributed by atoms with E-state index in [-0.39, 0.29) is 19.4 Å². The van der Waals surface area contributed by atoms with Crippen molar-refractivity contribution in [1.29, 1.82) is 0 Å². The number of amides is 1. The molecule has 224 valence electrons. The maximum Gasteiger partial charge on any atom is 0.410 e. The Bertz CT molecular complexity index is 1360. The number of halogens is 3. The van der Waals surface area contributed by atoms with Gasteiger partial charge in [-0.05, 0) is 57.4 Å². The highest BCUT2D eigenvalue weighted by Crippen LogP contribution is 2.39. The van der Waals surface area contributed by atoms with Crippen molar-refractivity contribution in [3.05, 3.63) is 63.9 Å². The van der Waals surface area contributed by atoms with Crippen molar-refractivity contribution in [2.75, 3.05) is 19.7 Å². The van der Waals surface area contributed by atoms with Crippen LogP contribution in [0.5, 0.6) is 0 Å². The molecule has 0 aliphatic carbocycles. The largest absolute Gasteiger partial charge is 0.444 e. The molecule has 1 amide bonds. The van der Waals surface area contributed by atoms with E-state index in [1.165, 1.54) is 0 Å². The van der Waals surface area contributed by atoms with E-state index < -0.39 is 30.9 Å². The number of rotatable bonds is 9. The lowest BCUT2D eigenvalue weighted by molar-refractivity contribution is -0.102. The van der Waals surface area contributed by atoms with Gasteiger partial charge in [0.25, 0.3) is 0 Å². The summed E-state index contributed by atoms with van der Waals surface area (Å²) in [7, 11) is -1.30. The number of ether oxygens (including phenoxy) is 3. The maximum absolute atomic E-state index is 14.3. The van der Waals surface area contributed by atoms with Gasteiger partial charge < -0.3 is 23.7 Å². The van der Waals surface area contributed by atoms with E-state index in [0.29, 0.717) is 49.4 Å². The number of likely N-dealkylation sites (tertiary alicyclic amines) is 1. The standard InChI is InChI=1S/C30H40BrF2N3O4Si/c1-29(2,3)40-28(37)35-13-11-30(12-14-35,21-7-9-22(31)10-8-21)39-19-27-34-25-17-23(32)24(33)18-26(25)36(27)20-38-15-16-41(4,5)6/h7-10,17-18H,11-16,19-20H2,1-6H3. The van der Waals surface area contributed by atoms with Crippen LogP contribution < -0.4 is 0 Å². The topological polar surface area (TPSA) is 65.8 Å². The Kier molecular flexibility index (Phi) is 9.62. The number of carbonyl (C=O) groups is 1. The van der Waals surface area contributed by atoms with E-state index in [2.05, 4.69) is 40.6 Å². The first-order valence-corrected chi connectivity index (χ1v) is 18.5. The normalized spacial score (nSPS) is 15.9. The van der Waals surface area contributed by atoms with Crippen LogP contribution in [0.1, 0.15) is 45.0 Å². The van der Waals surface area contributed by atoms with Crippen LogP contribution in [0, 0.1) is 11.6 Å². The van der Waals surface area contributed by atoms with Crippen molar-refractivity contribution >= 4 is 41.1 Å². The molecule has 41 heavy (non-hydrogen) atoms. The quantitative estimate of drug-likeness (QED) is 0.174. The highest BCUT2D eigenvalue weighted by atomic mass is 79.9. The number of hydrogen-bond donors (Lipinski definition) is 0. The first-order valence-electron chi connectivity index (χ1n) is 14.0. The minimum absolute atomic E-state index is 0.0950. The molecule has 0 saturated carbocycles. The van der Waals surface area contributed by atoms with Gasteiger partial charge in [0.2, 0.25) is 0 Å². The highest BCUT2D eigenvalue weighted by molar-refractivity contribution is 9.10. The molecule has 1 aromatic heterocycles. The molecule has 11 heteroatoms. The van der Waals surface area contributed by atoms with E-state index >= 15 is 0 Å². The zero-order valence-electron chi connectivity index (χ0n) is 24.7. The summed E-state index contributed by atoms with van der Waals surface area (Å²) in [5, 5.41) is 0. The summed E-state index contributed by atoms with van der Waals surface area (Å²) in [5.41, 5.74) is 0.498. The zero-order valence-corrected chi connectivity index (χ0v) is 27.3.